The fraction of sp³-hybridized carbons (Fsp3) is 0.130. The molecule has 1 aliphatic rings. The Labute approximate surface area is 182 Å². The molecule has 0 saturated carbocycles. The first kappa shape index (κ1) is 19.2. The Hall–Kier alpha value is -3.78. The second-order valence-electron chi connectivity index (χ2n) is 6.85. The third kappa shape index (κ3) is 4.54. The summed E-state index contributed by atoms with van der Waals surface area (Å²) >= 11 is 1.45. The number of carbonyl (C=O) groups excluding carboxylic acids is 1. The lowest BCUT2D eigenvalue weighted by atomic mass is 10.2. The van der Waals surface area contributed by atoms with E-state index in [1.165, 1.54) is 11.3 Å². The highest BCUT2D eigenvalue weighted by Crippen LogP contribution is 2.35. The Kier molecular flexibility index (Phi) is 5.28. The van der Waals surface area contributed by atoms with Crippen molar-refractivity contribution in [3.05, 3.63) is 77.5 Å². The number of benzene rings is 2. The molecule has 5 rings (SSSR count). The maximum Gasteiger partial charge on any atom is 0.231 e. The highest BCUT2D eigenvalue weighted by molar-refractivity contribution is 7.13. The zero-order valence-electron chi connectivity index (χ0n) is 16.4. The van der Waals surface area contributed by atoms with Gasteiger partial charge in [0, 0.05) is 17.1 Å². The van der Waals surface area contributed by atoms with Crippen LogP contribution in [0.3, 0.4) is 0 Å². The number of ether oxygens (including phenoxy) is 3. The minimum atomic E-state index is -0.134. The van der Waals surface area contributed by atoms with Crippen LogP contribution in [0.25, 0.3) is 10.8 Å². The second kappa shape index (κ2) is 8.53. The molecule has 2 aromatic heterocycles. The van der Waals surface area contributed by atoms with Gasteiger partial charge in [0.05, 0.1) is 18.4 Å². The van der Waals surface area contributed by atoms with Crippen molar-refractivity contribution in [3.63, 3.8) is 0 Å². The van der Waals surface area contributed by atoms with Gasteiger partial charge in [-0.05, 0) is 42.0 Å². The summed E-state index contributed by atoms with van der Waals surface area (Å²) in [4.78, 5) is 16.9. The molecule has 31 heavy (non-hydrogen) atoms. The van der Waals surface area contributed by atoms with E-state index in [4.69, 9.17) is 18.6 Å². The molecule has 156 valence electrons. The van der Waals surface area contributed by atoms with Crippen LogP contribution in [0.15, 0.2) is 70.7 Å². The lowest BCUT2D eigenvalue weighted by molar-refractivity contribution is -0.115. The van der Waals surface area contributed by atoms with Crippen molar-refractivity contribution in [2.45, 2.75) is 13.0 Å². The van der Waals surface area contributed by atoms with Gasteiger partial charge in [-0.25, -0.2) is 4.98 Å². The van der Waals surface area contributed by atoms with Gasteiger partial charge in [0.1, 0.15) is 12.4 Å². The van der Waals surface area contributed by atoms with Gasteiger partial charge in [-0.1, -0.05) is 12.1 Å². The zero-order chi connectivity index (χ0) is 21.0. The quantitative estimate of drug-likeness (QED) is 0.446. The summed E-state index contributed by atoms with van der Waals surface area (Å²) in [6, 6.07) is 16.7. The Bertz CT molecular complexity index is 1200. The molecule has 4 aromatic rings. The van der Waals surface area contributed by atoms with Crippen LogP contribution in [0.4, 0.5) is 5.69 Å². The molecule has 2 aromatic carbocycles. The number of thiazole rings is 1. The predicted molar refractivity (Wildman–Crippen MR) is 115 cm³/mol. The van der Waals surface area contributed by atoms with Gasteiger partial charge in [-0.15, -0.1) is 11.3 Å². The van der Waals surface area contributed by atoms with E-state index in [9.17, 15) is 4.79 Å². The lowest BCUT2D eigenvalue weighted by Gasteiger charge is -2.09. The van der Waals surface area contributed by atoms with E-state index in [1.807, 2.05) is 53.9 Å². The van der Waals surface area contributed by atoms with Gasteiger partial charge in [0.15, 0.2) is 22.3 Å². The number of nitrogens with one attached hydrogen (secondary N) is 1. The monoisotopic (exact) mass is 434 g/mol. The molecule has 1 aliphatic heterocycles. The van der Waals surface area contributed by atoms with Gasteiger partial charge in [0.2, 0.25) is 12.7 Å². The zero-order valence-corrected chi connectivity index (χ0v) is 17.2. The molecule has 0 fully saturated rings. The summed E-state index contributed by atoms with van der Waals surface area (Å²) in [5.74, 6) is 2.65. The molecular formula is C23H18N2O5S. The van der Waals surface area contributed by atoms with Gasteiger partial charge < -0.3 is 23.9 Å². The van der Waals surface area contributed by atoms with Crippen molar-refractivity contribution >= 4 is 22.9 Å². The number of aromatic nitrogens is 1. The average molecular weight is 434 g/mol. The van der Waals surface area contributed by atoms with Crippen molar-refractivity contribution in [1.82, 2.24) is 4.98 Å². The number of hydrogen-bond acceptors (Lipinski definition) is 7. The van der Waals surface area contributed by atoms with Gasteiger partial charge in [-0.3, -0.25) is 4.79 Å². The Morgan fingerprint density at radius 3 is 2.94 bits per heavy atom. The van der Waals surface area contributed by atoms with Crippen molar-refractivity contribution in [3.8, 4) is 28.0 Å². The highest BCUT2D eigenvalue weighted by Gasteiger charge is 2.14. The first-order valence-corrected chi connectivity index (χ1v) is 10.5. The van der Waals surface area contributed by atoms with E-state index in [0.29, 0.717) is 41.0 Å². The fourth-order valence-corrected chi connectivity index (χ4v) is 3.93. The SMILES string of the molecule is O=C(Cc1csc(-c2ccco2)n1)Nc1cccc(COc2ccc3c(c2)OCO3)c1. The number of nitrogens with zero attached hydrogens (tertiary/aromatic N) is 1. The molecule has 1 N–H and O–H groups in total. The molecule has 0 spiro atoms. The summed E-state index contributed by atoms with van der Waals surface area (Å²) in [7, 11) is 0. The molecular weight excluding hydrogens is 416 g/mol. The van der Waals surface area contributed by atoms with Crippen molar-refractivity contribution < 1.29 is 23.4 Å². The first-order valence-electron chi connectivity index (χ1n) is 9.62. The average Bonchev–Trinajstić information content (AvgIpc) is 3.53. The van der Waals surface area contributed by atoms with Gasteiger partial charge >= 0.3 is 0 Å². The largest absolute Gasteiger partial charge is 0.489 e. The van der Waals surface area contributed by atoms with Crippen molar-refractivity contribution in [2.75, 3.05) is 12.1 Å². The van der Waals surface area contributed by atoms with Crippen molar-refractivity contribution in [1.29, 1.82) is 0 Å². The van der Waals surface area contributed by atoms with Crippen molar-refractivity contribution in [2.24, 2.45) is 0 Å². The predicted octanol–water partition coefficient (Wildman–Crippen LogP) is 4.89. The number of hydrogen-bond donors (Lipinski definition) is 1. The molecule has 0 unspecified atom stereocenters. The van der Waals surface area contributed by atoms with Crippen LogP contribution in [0, 0.1) is 0 Å². The number of anilines is 1. The molecule has 7 nitrogen and oxygen atoms in total. The van der Waals surface area contributed by atoms with E-state index >= 15 is 0 Å². The molecule has 3 heterocycles. The summed E-state index contributed by atoms with van der Waals surface area (Å²) in [6.45, 7) is 0.591. The van der Waals surface area contributed by atoms with Crippen LogP contribution in [0.2, 0.25) is 0 Å². The fourth-order valence-electron chi connectivity index (χ4n) is 3.14. The Morgan fingerprint density at radius 1 is 1.10 bits per heavy atom. The topological polar surface area (TPSA) is 82.8 Å². The maximum absolute atomic E-state index is 12.4. The van der Waals surface area contributed by atoms with Crippen LogP contribution in [0.1, 0.15) is 11.3 Å². The minimum Gasteiger partial charge on any atom is -0.489 e. The normalized spacial score (nSPS) is 12.0. The molecule has 0 saturated heterocycles. The Balaban J connectivity index is 1.18. The lowest BCUT2D eigenvalue weighted by Crippen LogP contribution is -2.14. The van der Waals surface area contributed by atoms with Crippen LogP contribution < -0.4 is 19.5 Å². The second-order valence-corrected chi connectivity index (χ2v) is 7.71. The minimum absolute atomic E-state index is 0.134. The third-order valence-electron chi connectivity index (χ3n) is 4.59. The van der Waals surface area contributed by atoms with Gasteiger partial charge in [-0.2, -0.15) is 0 Å². The first-order chi connectivity index (χ1) is 15.2. The molecule has 8 heteroatoms. The van der Waals surface area contributed by atoms with Crippen LogP contribution in [0.5, 0.6) is 17.2 Å². The number of carbonyl (C=O) groups is 1. The van der Waals surface area contributed by atoms with Gasteiger partial charge in [0.25, 0.3) is 0 Å². The van der Waals surface area contributed by atoms with E-state index in [1.54, 1.807) is 12.3 Å². The molecule has 0 radical (unpaired) electrons. The number of fused-ring (bicyclic) bond motifs is 1. The number of amides is 1. The standard InChI is InChI=1S/C23H18N2O5S/c26-22(10-17-13-31-23(25-17)20-5-2-8-27-20)24-16-4-1-3-15(9-16)12-28-18-6-7-19-21(11-18)30-14-29-19/h1-9,11,13H,10,12,14H2,(H,24,26). The highest BCUT2D eigenvalue weighted by atomic mass is 32.1. The van der Waals surface area contributed by atoms with E-state index in [-0.39, 0.29) is 19.1 Å². The van der Waals surface area contributed by atoms with Crippen LogP contribution in [-0.4, -0.2) is 17.7 Å². The smallest absolute Gasteiger partial charge is 0.231 e. The van der Waals surface area contributed by atoms with E-state index in [0.717, 1.165) is 10.6 Å². The molecule has 0 bridgehead atoms. The van der Waals surface area contributed by atoms with E-state index < -0.39 is 0 Å². The molecule has 0 aliphatic carbocycles. The van der Waals surface area contributed by atoms with E-state index in [2.05, 4.69) is 10.3 Å². The Morgan fingerprint density at radius 2 is 2.03 bits per heavy atom. The summed E-state index contributed by atoms with van der Waals surface area (Å²) in [5, 5.41) is 5.54. The summed E-state index contributed by atoms with van der Waals surface area (Å²) in [5.41, 5.74) is 2.35. The molecule has 0 atom stereocenters. The van der Waals surface area contributed by atoms with Crippen LogP contribution >= 0.6 is 11.3 Å². The third-order valence-corrected chi connectivity index (χ3v) is 5.49. The molecule has 1 amide bonds. The van der Waals surface area contributed by atoms with Crippen LogP contribution in [-0.2, 0) is 17.8 Å². The number of rotatable bonds is 7. The summed E-state index contributed by atoms with van der Waals surface area (Å²) < 4.78 is 21.9. The summed E-state index contributed by atoms with van der Waals surface area (Å²) in [6.07, 6.45) is 1.79. The number of furan rings is 1. The maximum atomic E-state index is 12.4.